The average Bonchev–Trinajstić information content (AvgIpc) is 2.25. The van der Waals surface area contributed by atoms with E-state index in [2.05, 4.69) is 5.32 Å². The van der Waals surface area contributed by atoms with Crippen molar-refractivity contribution >= 4 is 33.0 Å². The van der Waals surface area contributed by atoms with Gasteiger partial charge >= 0.3 is 0 Å². The van der Waals surface area contributed by atoms with Crippen molar-refractivity contribution in [2.24, 2.45) is 0 Å². The van der Waals surface area contributed by atoms with E-state index in [0.717, 1.165) is 6.26 Å². The SMILES string of the molecule is CS(=O)(=O)CC(Cl)c1ccc2c(c1)NC(=O)CO2. The first-order valence-electron chi connectivity index (χ1n) is 5.23. The lowest BCUT2D eigenvalue weighted by molar-refractivity contribution is -0.118. The third-order valence-electron chi connectivity index (χ3n) is 2.45. The Morgan fingerprint density at radius 2 is 2.22 bits per heavy atom. The molecule has 1 atom stereocenters. The zero-order valence-corrected chi connectivity index (χ0v) is 11.2. The number of anilines is 1. The molecule has 0 aromatic heterocycles. The number of hydrogen-bond acceptors (Lipinski definition) is 4. The second kappa shape index (κ2) is 4.78. The maximum atomic E-state index is 11.2. The lowest BCUT2D eigenvalue weighted by Crippen LogP contribution is -2.25. The summed E-state index contributed by atoms with van der Waals surface area (Å²) < 4.78 is 27.6. The van der Waals surface area contributed by atoms with E-state index in [-0.39, 0.29) is 18.3 Å². The van der Waals surface area contributed by atoms with Gasteiger partial charge in [-0.2, -0.15) is 0 Å². The van der Waals surface area contributed by atoms with Crippen LogP contribution in [-0.2, 0) is 14.6 Å². The zero-order chi connectivity index (χ0) is 13.3. The molecule has 98 valence electrons. The van der Waals surface area contributed by atoms with Crippen LogP contribution >= 0.6 is 11.6 Å². The normalized spacial score (nSPS) is 16.4. The van der Waals surface area contributed by atoms with E-state index in [1.165, 1.54) is 0 Å². The number of benzene rings is 1. The number of hydrogen-bond donors (Lipinski definition) is 1. The number of amides is 1. The summed E-state index contributed by atoms with van der Waals surface area (Å²) in [6.07, 6.45) is 1.13. The summed E-state index contributed by atoms with van der Waals surface area (Å²) in [5, 5.41) is 2.00. The van der Waals surface area contributed by atoms with E-state index in [4.69, 9.17) is 16.3 Å². The summed E-state index contributed by atoms with van der Waals surface area (Å²) in [6, 6.07) is 5.00. The van der Waals surface area contributed by atoms with Gasteiger partial charge in [-0.15, -0.1) is 11.6 Å². The largest absolute Gasteiger partial charge is 0.482 e. The number of ether oxygens (including phenoxy) is 1. The maximum Gasteiger partial charge on any atom is 0.262 e. The van der Waals surface area contributed by atoms with Gasteiger partial charge in [-0.3, -0.25) is 4.79 Å². The van der Waals surface area contributed by atoms with Gasteiger partial charge in [-0.05, 0) is 17.7 Å². The third-order valence-corrected chi connectivity index (χ3v) is 3.98. The second-order valence-electron chi connectivity index (χ2n) is 4.15. The van der Waals surface area contributed by atoms with Crippen LogP contribution in [-0.4, -0.2) is 32.9 Å². The Balaban J connectivity index is 2.25. The summed E-state index contributed by atoms with van der Waals surface area (Å²) in [5.74, 6) is 0.165. The monoisotopic (exact) mass is 289 g/mol. The van der Waals surface area contributed by atoms with Crippen LogP contribution in [0.3, 0.4) is 0 Å². The molecule has 1 unspecified atom stereocenters. The molecule has 5 nitrogen and oxygen atoms in total. The Morgan fingerprint density at radius 1 is 1.50 bits per heavy atom. The summed E-state index contributed by atoms with van der Waals surface area (Å²) in [4.78, 5) is 11.2. The number of rotatable bonds is 3. The van der Waals surface area contributed by atoms with Crippen LogP contribution in [0.2, 0.25) is 0 Å². The number of carbonyl (C=O) groups is 1. The minimum Gasteiger partial charge on any atom is -0.482 e. The van der Waals surface area contributed by atoms with Gasteiger partial charge in [0.05, 0.1) is 16.8 Å². The third kappa shape index (κ3) is 3.14. The fourth-order valence-electron chi connectivity index (χ4n) is 1.66. The van der Waals surface area contributed by atoms with Crippen molar-refractivity contribution in [3.8, 4) is 5.75 Å². The Bertz CT molecular complexity index is 585. The molecule has 1 aliphatic rings. The number of alkyl halides is 1. The Kier molecular flexibility index (Phi) is 3.49. The van der Waals surface area contributed by atoms with Crippen molar-refractivity contribution in [2.45, 2.75) is 5.38 Å². The molecule has 1 aromatic rings. The van der Waals surface area contributed by atoms with Gasteiger partial charge in [0.2, 0.25) is 0 Å². The van der Waals surface area contributed by atoms with Crippen molar-refractivity contribution in [2.75, 3.05) is 23.9 Å². The van der Waals surface area contributed by atoms with E-state index in [0.29, 0.717) is 17.0 Å². The molecule has 0 saturated heterocycles. The Hall–Kier alpha value is -1.27. The predicted molar refractivity (Wildman–Crippen MR) is 68.9 cm³/mol. The minimum absolute atomic E-state index is 0.0139. The van der Waals surface area contributed by atoms with E-state index in [1.807, 2.05) is 0 Å². The van der Waals surface area contributed by atoms with Crippen molar-refractivity contribution < 1.29 is 17.9 Å². The summed E-state index contributed by atoms with van der Waals surface area (Å²) in [5.41, 5.74) is 1.15. The van der Waals surface area contributed by atoms with Crippen molar-refractivity contribution in [1.82, 2.24) is 0 Å². The van der Waals surface area contributed by atoms with Crippen LogP contribution in [0.15, 0.2) is 18.2 Å². The highest BCUT2D eigenvalue weighted by Crippen LogP contribution is 2.32. The molecule has 1 aromatic carbocycles. The number of fused-ring (bicyclic) bond motifs is 1. The highest BCUT2D eigenvalue weighted by atomic mass is 35.5. The number of carbonyl (C=O) groups excluding carboxylic acids is 1. The molecule has 0 spiro atoms. The van der Waals surface area contributed by atoms with Gasteiger partial charge in [0.1, 0.15) is 15.6 Å². The second-order valence-corrected chi connectivity index (χ2v) is 6.86. The van der Waals surface area contributed by atoms with E-state index >= 15 is 0 Å². The molecule has 1 heterocycles. The fraction of sp³-hybridized carbons (Fsp3) is 0.364. The van der Waals surface area contributed by atoms with Crippen LogP contribution in [0, 0.1) is 0 Å². The first-order valence-corrected chi connectivity index (χ1v) is 7.73. The molecular weight excluding hydrogens is 278 g/mol. The Labute approximate surface area is 110 Å². The lowest BCUT2D eigenvalue weighted by Gasteiger charge is -2.19. The quantitative estimate of drug-likeness (QED) is 0.853. The van der Waals surface area contributed by atoms with Crippen molar-refractivity contribution in [3.63, 3.8) is 0 Å². The smallest absolute Gasteiger partial charge is 0.262 e. The molecule has 0 fully saturated rings. The lowest BCUT2D eigenvalue weighted by atomic mass is 10.1. The molecule has 1 amide bonds. The standard InChI is InChI=1S/C11H12ClNO4S/c1-18(15,16)6-8(12)7-2-3-10-9(4-7)13-11(14)5-17-10/h2-4,8H,5-6H2,1H3,(H,13,14). The molecule has 1 aliphatic heterocycles. The highest BCUT2D eigenvalue weighted by Gasteiger charge is 2.20. The topological polar surface area (TPSA) is 72.5 Å². The molecule has 0 aliphatic carbocycles. The molecule has 1 N–H and O–H groups in total. The number of nitrogens with one attached hydrogen (secondary N) is 1. The molecule has 18 heavy (non-hydrogen) atoms. The predicted octanol–water partition coefficient (Wildman–Crippen LogP) is 1.34. The summed E-state index contributed by atoms with van der Waals surface area (Å²) >= 11 is 6.04. The van der Waals surface area contributed by atoms with Gasteiger partial charge in [-0.25, -0.2) is 8.42 Å². The molecule has 0 radical (unpaired) electrons. The molecule has 2 rings (SSSR count). The van der Waals surface area contributed by atoms with Gasteiger partial charge in [0.15, 0.2) is 6.61 Å². The zero-order valence-electron chi connectivity index (χ0n) is 9.64. The minimum atomic E-state index is -3.15. The first-order chi connectivity index (χ1) is 8.35. The number of sulfone groups is 1. The van der Waals surface area contributed by atoms with Gasteiger partial charge in [0.25, 0.3) is 5.91 Å². The maximum absolute atomic E-state index is 11.2. The van der Waals surface area contributed by atoms with Gasteiger partial charge < -0.3 is 10.1 Å². The fourth-order valence-corrected chi connectivity index (χ4v) is 3.20. The van der Waals surface area contributed by atoms with E-state index in [9.17, 15) is 13.2 Å². The molecule has 0 bridgehead atoms. The van der Waals surface area contributed by atoms with Gasteiger partial charge in [-0.1, -0.05) is 6.07 Å². The first kappa shape index (κ1) is 13.2. The average molecular weight is 290 g/mol. The van der Waals surface area contributed by atoms with Crippen LogP contribution in [0.4, 0.5) is 5.69 Å². The van der Waals surface area contributed by atoms with Crippen molar-refractivity contribution in [1.29, 1.82) is 0 Å². The van der Waals surface area contributed by atoms with E-state index < -0.39 is 15.2 Å². The summed E-state index contributed by atoms with van der Waals surface area (Å²) in [7, 11) is -3.15. The van der Waals surface area contributed by atoms with Crippen LogP contribution in [0.25, 0.3) is 0 Å². The van der Waals surface area contributed by atoms with Crippen LogP contribution in [0.1, 0.15) is 10.9 Å². The number of halogens is 1. The van der Waals surface area contributed by atoms with Crippen molar-refractivity contribution in [3.05, 3.63) is 23.8 Å². The van der Waals surface area contributed by atoms with E-state index in [1.54, 1.807) is 18.2 Å². The molecule has 0 saturated carbocycles. The van der Waals surface area contributed by atoms with Crippen LogP contribution < -0.4 is 10.1 Å². The highest BCUT2D eigenvalue weighted by molar-refractivity contribution is 7.90. The Morgan fingerprint density at radius 3 is 2.89 bits per heavy atom. The van der Waals surface area contributed by atoms with Crippen LogP contribution in [0.5, 0.6) is 5.75 Å². The van der Waals surface area contributed by atoms with Gasteiger partial charge in [0, 0.05) is 6.26 Å². The molecular formula is C11H12ClNO4S. The molecule has 7 heteroatoms. The summed E-state index contributed by atoms with van der Waals surface area (Å²) in [6.45, 7) is -0.0139.